The van der Waals surface area contributed by atoms with Gasteiger partial charge in [-0.1, -0.05) is 42.5 Å². The van der Waals surface area contributed by atoms with Crippen LogP contribution in [0.25, 0.3) is 6.08 Å². The summed E-state index contributed by atoms with van der Waals surface area (Å²) in [7, 11) is 1.69. The number of carbonyl (C=O) groups is 3. The fourth-order valence-corrected chi connectivity index (χ4v) is 4.73. The summed E-state index contributed by atoms with van der Waals surface area (Å²) >= 11 is 0.932. The zero-order valence-corrected chi connectivity index (χ0v) is 19.4. The molecule has 2 fully saturated rings. The predicted molar refractivity (Wildman–Crippen MR) is 129 cm³/mol. The van der Waals surface area contributed by atoms with Crippen molar-refractivity contribution < 1.29 is 19.1 Å². The average Bonchev–Trinajstić information content (AvgIpc) is 3.10. The summed E-state index contributed by atoms with van der Waals surface area (Å²) in [5, 5.41) is -0.284. The van der Waals surface area contributed by atoms with E-state index in [1.165, 1.54) is 4.90 Å². The molecule has 0 N–H and O–H groups in total. The van der Waals surface area contributed by atoms with Gasteiger partial charge in [-0.05, 0) is 41.1 Å². The van der Waals surface area contributed by atoms with Crippen LogP contribution in [0.1, 0.15) is 21.5 Å². The van der Waals surface area contributed by atoms with Gasteiger partial charge >= 0.3 is 0 Å². The van der Waals surface area contributed by atoms with E-state index in [-0.39, 0.29) is 23.6 Å². The van der Waals surface area contributed by atoms with Gasteiger partial charge in [0.1, 0.15) is 0 Å². The molecule has 2 aliphatic rings. The number of methoxy groups -OCH3 is 1. The van der Waals surface area contributed by atoms with Gasteiger partial charge in [0.25, 0.3) is 17.1 Å². The van der Waals surface area contributed by atoms with E-state index < -0.39 is 0 Å². The SMILES string of the molecule is COCCN1CCN(C(=O)c2cccc(C=C3SC(=O)N(Cc4ccccc4)C3=O)c2)CC1. The number of piperazine rings is 1. The lowest BCUT2D eigenvalue weighted by molar-refractivity contribution is -0.123. The molecule has 172 valence electrons. The Bertz CT molecular complexity index is 1050. The van der Waals surface area contributed by atoms with Crippen LogP contribution in [-0.2, 0) is 16.1 Å². The van der Waals surface area contributed by atoms with Crippen LogP contribution in [0.5, 0.6) is 0 Å². The first-order valence-electron chi connectivity index (χ1n) is 10.9. The Hall–Kier alpha value is -2.94. The van der Waals surface area contributed by atoms with Gasteiger partial charge in [-0.25, -0.2) is 0 Å². The summed E-state index contributed by atoms with van der Waals surface area (Å²) in [6.45, 7) is 4.79. The van der Waals surface area contributed by atoms with E-state index in [0.717, 1.165) is 42.5 Å². The van der Waals surface area contributed by atoms with Gasteiger partial charge in [0.15, 0.2) is 0 Å². The maximum Gasteiger partial charge on any atom is 0.293 e. The lowest BCUT2D eigenvalue weighted by Crippen LogP contribution is -2.49. The standard InChI is InChI=1S/C25H27N3O4S/c1-32-15-14-26-10-12-27(13-11-26)23(29)21-9-5-8-20(16-21)17-22-24(30)28(25(31)33-22)18-19-6-3-2-4-7-19/h2-9,16-17H,10-15,18H2,1H3. The van der Waals surface area contributed by atoms with Crippen LogP contribution in [0.3, 0.4) is 0 Å². The number of rotatable bonds is 7. The summed E-state index contributed by atoms with van der Waals surface area (Å²) in [5.74, 6) is -0.327. The summed E-state index contributed by atoms with van der Waals surface area (Å²) < 4.78 is 5.13. The molecule has 2 aliphatic heterocycles. The molecular formula is C25H27N3O4S. The van der Waals surface area contributed by atoms with Gasteiger partial charge in [-0.3, -0.25) is 24.2 Å². The Morgan fingerprint density at radius 2 is 1.79 bits per heavy atom. The van der Waals surface area contributed by atoms with Crippen molar-refractivity contribution in [2.24, 2.45) is 0 Å². The van der Waals surface area contributed by atoms with Gasteiger partial charge in [-0.2, -0.15) is 0 Å². The minimum absolute atomic E-state index is 0.0196. The van der Waals surface area contributed by atoms with Gasteiger partial charge in [0.05, 0.1) is 18.1 Å². The molecule has 0 spiro atoms. The molecule has 0 aromatic heterocycles. The Kier molecular flexibility index (Phi) is 7.59. The summed E-state index contributed by atoms with van der Waals surface area (Å²) in [5.41, 5.74) is 2.21. The van der Waals surface area contributed by atoms with Crippen LogP contribution in [-0.4, -0.2) is 78.2 Å². The zero-order valence-electron chi connectivity index (χ0n) is 18.6. The van der Waals surface area contributed by atoms with Gasteiger partial charge in [-0.15, -0.1) is 0 Å². The third kappa shape index (κ3) is 5.71. The van der Waals surface area contributed by atoms with E-state index in [9.17, 15) is 14.4 Å². The highest BCUT2D eigenvalue weighted by Crippen LogP contribution is 2.33. The van der Waals surface area contributed by atoms with E-state index in [1.807, 2.05) is 47.4 Å². The molecular weight excluding hydrogens is 438 g/mol. The van der Waals surface area contributed by atoms with Crippen LogP contribution < -0.4 is 0 Å². The lowest BCUT2D eigenvalue weighted by atomic mass is 10.1. The molecule has 0 unspecified atom stereocenters. The van der Waals surface area contributed by atoms with Crippen molar-refractivity contribution >= 4 is 34.9 Å². The van der Waals surface area contributed by atoms with E-state index in [2.05, 4.69) is 4.90 Å². The molecule has 33 heavy (non-hydrogen) atoms. The first-order chi connectivity index (χ1) is 16.0. The number of hydrogen-bond acceptors (Lipinski definition) is 6. The highest BCUT2D eigenvalue weighted by Gasteiger charge is 2.35. The third-order valence-corrected chi connectivity index (χ3v) is 6.67. The maximum absolute atomic E-state index is 13.0. The minimum Gasteiger partial charge on any atom is -0.383 e. The second-order valence-electron chi connectivity index (χ2n) is 8.01. The minimum atomic E-state index is -0.308. The molecule has 0 radical (unpaired) electrons. The molecule has 0 saturated carbocycles. The van der Waals surface area contributed by atoms with Crippen molar-refractivity contribution in [2.45, 2.75) is 6.54 Å². The number of hydrogen-bond donors (Lipinski definition) is 0. The Labute approximate surface area is 198 Å². The molecule has 0 atom stereocenters. The number of ether oxygens (including phenoxy) is 1. The normalized spacial score (nSPS) is 18.4. The van der Waals surface area contributed by atoms with Crippen molar-refractivity contribution in [3.8, 4) is 0 Å². The highest BCUT2D eigenvalue weighted by atomic mass is 32.2. The van der Waals surface area contributed by atoms with Crippen LogP contribution in [0.15, 0.2) is 59.5 Å². The molecule has 3 amide bonds. The first kappa shape index (κ1) is 23.2. The van der Waals surface area contributed by atoms with E-state index in [4.69, 9.17) is 4.74 Å². The average molecular weight is 466 g/mol. The molecule has 8 heteroatoms. The van der Waals surface area contributed by atoms with Gasteiger partial charge in [0.2, 0.25) is 0 Å². The fourth-order valence-electron chi connectivity index (χ4n) is 3.89. The second-order valence-corrected chi connectivity index (χ2v) is 9.00. The van der Waals surface area contributed by atoms with Crippen LogP contribution >= 0.6 is 11.8 Å². The number of thioether (sulfide) groups is 1. The Balaban J connectivity index is 1.42. The van der Waals surface area contributed by atoms with Crippen molar-refractivity contribution in [1.82, 2.24) is 14.7 Å². The predicted octanol–water partition coefficient (Wildman–Crippen LogP) is 3.33. The maximum atomic E-state index is 13.0. The number of carbonyl (C=O) groups excluding carboxylic acids is 3. The Morgan fingerprint density at radius 1 is 1.03 bits per heavy atom. The first-order valence-corrected chi connectivity index (χ1v) is 11.8. The van der Waals surface area contributed by atoms with Crippen molar-refractivity contribution in [2.75, 3.05) is 46.4 Å². The summed E-state index contributed by atoms with van der Waals surface area (Å²) in [4.78, 5) is 44.0. The van der Waals surface area contributed by atoms with E-state index in [0.29, 0.717) is 30.2 Å². The quantitative estimate of drug-likeness (QED) is 0.585. The molecule has 2 heterocycles. The lowest BCUT2D eigenvalue weighted by Gasteiger charge is -2.34. The smallest absolute Gasteiger partial charge is 0.293 e. The number of benzene rings is 2. The molecule has 2 aromatic rings. The van der Waals surface area contributed by atoms with Gasteiger partial charge in [0, 0.05) is 45.4 Å². The van der Waals surface area contributed by atoms with Crippen LogP contribution in [0.2, 0.25) is 0 Å². The number of nitrogens with zero attached hydrogens (tertiary/aromatic N) is 3. The number of amides is 3. The topological polar surface area (TPSA) is 70.2 Å². The molecule has 0 aliphatic carbocycles. The second kappa shape index (κ2) is 10.8. The Morgan fingerprint density at radius 3 is 2.52 bits per heavy atom. The largest absolute Gasteiger partial charge is 0.383 e. The molecule has 0 bridgehead atoms. The summed E-state index contributed by atoms with van der Waals surface area (Å²) in [6, 6.07) is 16.7. The monoisotopic (exact) mass is 465 g/mol. The fraction of sp³-hybridized carbons (Fsp3) is 0.320. The van der Waals surface area contributed by atoms with Crippen LogP contribution in [0, 0.1) is 0 Å². The van der Waals surface area contributed by atoms with Gasteiger partial charge < -0.3 is 9.64 Å². The van der Waals surface area contributed by atoms with Crippen molar-refractivity contribution in [1.29, 1.82) is 0 Å². The summed E-state index contributed by atoms with van der Waals surface area (Å²) in [6.07, 6.45) is 1.69. The molecule has 2 saturated heterocycles. The van der Waals surface area contributed by atoms with Crippen LogP contribution in [0.4, 0.5) is 4.79 Å². The highest BCUT2D eigenvalue weighted by molar-refractivity contribution is 8.18. The van der Waals surface area contributed by atoms with Crippen molar-refractivity contribution in [3.05, 3.63) is 76.2 Å². The van der Waals surface area contributed by atoms with E-state index in [1.54, 1.807) is 25.3 Å². The molecule has 2 aromatic carbocycles. The molecule has 4 rings (SSSR count). The van der Waals surface area contributed by atoms with Crippen molar-refractivity contribution in [3.63, 3.8) is 0 Å². The zero-order chi connectivity index (χ0) is 23.2. The molecule has 7 nitrogen and oxygen atoms in total. The van der Waals surface area contributed by atoms with E-state index >= 15 is 0 Å². The third-order valence-electron chi connectivity index (χ3n) is 5.76. The number of imide groups is 1.